The van der Waals surface area contributed by atoms with Crippen LogP contribution in [0.3, 0.4) is 0 Å². The molecule has 0 unspecified atom stereocenters. The van der Waals surface area contributed by atoms with E-state index in [2.05, 4.69) is 15.2 Å². The summed E-state index contributed by atoms with van der Waals surface area (Å²) in [6, 6.07) is 9.79. The lowest BCUT2D eigenvalue weighted by molar-refractivity contribution is -0.131. The Labute approximate surface area is 186 Å². The Balaban J connectivity index is 2.01. The third-order valence-electron chi connectivity index (χ3n) is 4.78. The first-order chi connectivity index (χ1) is 14.3. The van der Waals surface area contributed by atoms with Gasteiger partial charge in [0.1, 0.15) is 0 Å². The summed E-state index contributed by atoms with van der Waals surface area (Å²) in [7, 11) is 0. The second kappa shape index (κ2) is 9.62. The van der Waals surface area contributed by atoms with Crippen LogP contribution < -0.4 is 0 Å². The minimum Gasteiger partial charge on any atom is -0.337 e. The summed E-state index contributed by atoms with van der Waals surface area (Å²) in [4.78, 5) is 18.8. The van der Waals surface area contributed by atoms with E-state index in [0.717, 1.165) is 16.8 Å². The molecule has 8 heteroatoms. The molecular formula is C22H26ClN5OS. The molecule has 0 saturated heterocycles. The van der Waals surface area contributed by atoms with E-state index in [1.807, 2.05) is 74.4 Å². The van der Waals surface area contributed by atoms with E-state index in [0.29, 0.717) is 16.0 Å². The van der Waals surface area contributed by atoms with E-state index in [1.165, 1.54) is 11.8 Å². The van der Waals surface area contributed by atoms with Crippen LogP contribution in [0.15, 0.2) is 47.9 Å². The summed E-state index contributed by atoms with van der Waals surface area (Å²) in [6.45, 7) is 10.1. The van der Waals surface area contributed by atoms with Gasteiger partial charge in [-0.2, -0.15) is 0 Å². The number of carbonyl (C=O) groups is 1. The maximum absolute atomic E-state index is 12.9. The molecule has 0 radical (unpaired) electrons. The standard InChI is InChI=1S/C22H26ClN5OS/c1-14(2)27(15(3)4)20(29)13-30-22-26-25-21(17-9-11-24-12-10-17)28(22)19-8-6-7-18(23)16(19)5/h6-12,14-15H,13H2,1-5H3. The maximum Gasteiger partial charge on any atom is 0.233 e. The van der Waals surface area contributed by atoms with Gasteiger partial charge in [0.15, 0.2) is 11.0 Å². The summed E-state index contributed by atoms with van der Waals surface area (Å²) < 4.78 is 1.96. The van der Waals surface area contributed by atoms with Crippen molar-refractivity contribution in [3.8, 4) is 17.1 Å². The van der Waals surface area contributed by atoms with Crippen molar-refractivity contribution in [3.63, 3.8) is 0 Å². The molecule has 0 aliphatic heterocycles. The van der Waals surface area contributed by atoms with Crippen molar-refractivity contribution in [3.05, 3.63) is 53.3 Å². The lowest BCUT2D eigenvalue weighted by Gasteiger charge is -2.30. The van der Waals surface area contributed by atoms with Crippen LogP contribution in [0.5, 0.6) is 0 Å². The Hall–Kier alpha value is -2.38. The molecule has 158 valence electrons. The monoisotopic (exact) mass is 443 g/mol. The van der Waals surface area contributed by atoms with Crippen molar-refractivity contribution in [1.29, 1.82) is 0 Å². The number of halogens is 1. The molecule has 0 aliphatic carbocycles. The number of nitrogens with zero attached hydrogens (tertiary/aromatic N) is 5. The molecule has 0 fully saturated rings. The van der Waals surface area contributed by atoms with Gasteiger partial charge in [-0.25, -0.2) is 0 Å². The van der Waals surface area contributed by atoms with E-state index in [4.69, 9.17) is 11.6 Å². The fraction of sp³-hybridized carbons (Fsp3) is 0.364. The van der Waals surface area contributed by atoms with Crippen LogP contribution in [0.2, 0.25) is 5.02 Å². The summed E-state index contributed by atoms with van der Waals surface area (Å²) in [5.74, 6) is 1.04. The Kier molecular flexibility index (Phi) is 7.15. The molecule has 2 aromatic heterocycles. The highest BCUT2D eigenvalue weighted by atomic mass is 35.5. The van der Waals surface area contributed by atoms with Crippen molar-refractivity contribution < 1.29 is 4.79 Å². The van der Waals surface area contributed by atoms with Crippen molar-refractivity contribution >= 4 is 29.3 Å². The largest absolute Gasteiger partial charge is 0.337 e. The number of benzene rings is 1. The van der Waals surface area contributed by atoms with Crippen LogP contribution in [0.4, 0.5) is 0 Å². The van der Waals surface area contributed by atoms with Gasteiger partial charge in [0.05, 0.1) is 11.4 Å². The van der Waals surface area contributed by atoms with Gasteiger partial charge in [0.25, 0.3) is 0 Å². The molecule has 1 amide bonds. The average Bonchev–Trinajstić information content (AvgIpc) is 3.12. The second-order valence-corrected chi connectivity index (χ2v) is 8.89. The van der Waals surface area contributed by atoms with E-state index >= 15 is 0 Å². The topological polar surface area (TPSA) is 63.9 Å². The normalized spacial score (nSPS) is 11.3. The first-order valence-corrected chi connectivity index (χ1v) is 11.2. The lowest BCUT2D eigenvalue weighted by Crippen LogP contribution is -2.43. The van der Waals surface area contributed by atoms with Crippen LogP contribution in [-0.4, -0.2) is 48.4 Å². The van der Waals surface area contributed by atoms with Gasteiger partial charge in [-0.05, 0) is 64.4 Å². The average molecular weight is 444 g/mol. The summed E-state index contributed by atoms with van der Waals surface area (Å²) >= 11 is 7.77. The number of rotatable bonds is 7. The third kappa shape index (κ3) is 4.68. The molecule has 2 heterocycles. The zero-order valence-corrected chi connectivity index (χ0v) is 19.4. The summed E-state index contributed by atoms with van der Waals surface area (Å²) in [6.07, 6.45) is 3.44. The van der Waals surface area contributed by atoms with E-state index < -0.39 is 0 Å². The van der Waals surface area contributed by atoms with Crippen LogP contribution in [0, 0.1) is 6.92 Å². The number of carbonyl (C=O) groups excluding carboxylic acids is 1. The summed E-state index contributed by atoms with van der Waals surface area (Å²) in [5, 5.41) is 10.1. The number of aromatic nitrogens is 4. The summed E-state index contributed by atoms with van der Waals surface area (Å²) in [5.41, 5.74) is 2.70. The first-order valence-electron chi connectivity index (χ1n) is 9.86. The highest BCUT2D eigenvalue weighted by Gasteiger charge is 2.23. The number of pyridine rings is 1. The van der Waals surface area contributed by atoms with Gasteiger partial charge in [0, 0.05) is 35.1 Å². The SMILES string of the molecule is Cc1c(Cl)cccc1-n1c(SCC(=O)N(C(C)C)C(C)C)nnc1-c1ccncc1. The Morgan fingerprint density at radius 3 is 2.40 bits per heavy atom. The molecule has 0 aliphatic rings. The van der Waals surface area contributed by atoms with E-state index in [9.17, 15) is 4.79 Å². The van der Waals surface area contributed by atoms with Gasteiger partial charge in [-0.1, -0.05) is 29.4 Å². The third-order valence-corrected chi connectivity index (χ3v) is 6.10. The van der Waals surface area contributed by atoms with Crippen molar-refractivity contribution in [2.75, 3.05) is 5.75 Å². The fourth-order valence-electron chi connectivity index (χ4n) is 3.48. The number of thioether (sulfide) groups is 1. The van der Waals surface area contributed by atoms with Crippen LogP contribution in [0.1, 0.15) is 33.3 Å². The molecule has 0 bridgehead atoms. The smallest absolute Gasteiger partial charge is 0.233 e. The molecule has 0 atom stereocenters. The molecule has 30 heavy (non-hydrogen) atoms. The second-order valence-electron chi connectivity index (χ2n) is 7.54. The van der Waals surface area contributed by atoms with Crippen LogP contribution in [-0.2, 0) is 4.79 Å². The number of hydrogen-bond donors (Lipinski definition) is 0. The lowest BCUT2D eigenvalue weighted by atomic mass is 10.2. The Morgan fingerprint density at radius 1 is 1.10 bits per heavy atom. The molecule has 0 N–H and O–H groups in total. The molecule has 3 rings (SSSR count). The zero-order valence-electron chi connectivity index (χ0n) is 17.8. The zero-order chi connectivity index (χ0) is 21.8. The highest BCUT2D eigenvalue weighted by molar-refractivity contribution is 7.99. The van der Waals surface area contributed by atoms with Gasteiger partial charge in [-0.3, -0.25) is 14.3 Å². The molecular weight excluding hydrogens is 418 g/mol. The minimum absolute atomic E-state index is 0.0767. The van der Waals surface area contributed by atoms with Crippen LogP contribution >= 0.6 is 23.4 Å². The van der Waals surface area contributed by atoms with Crippen molar-refractivity contribution in [2.24, 2.45) is 0 Å². The van der Waals surface area contributed by atoms with Gasteiger partial charge < -0.3 is 4.90 Å². The Bertz CT molecular complexity index is 1010. The van der Waals surface area contributed by atoms with Crippen molar-refractivity contribution in [2.45, 2.75) is 51.9 Å². The molecule has 3 aromatic rings. The highest BCUT2D eigenvalue weighted by Crippen LogP contribution is 2.31. The predicted octanol–water partition coefficient (Wildman–Crippen LogP) is 5.03. The van der Waals surface area contributed by atoms with Gasteiger partial charge in [0.2, 0.25) is 5.91 Å². The predicted molar refractivity (Wildman–Crippen MR) is 122 cm³/mol. The molecule has 0 saturated carbocycles. The minimum atomic E-state index is 0.0767. The van der Waals surface area contributed by atoms with Gasteiger partial charge >= 0.3 is 0 Å². The van der Waals surface area contributed by atoms with E-state index in [1.54, 1.807) is 12.4 Å². The first kappa shape index (κ1) is 22.3. The fourth-order valence-corrected chi connectivity index (χ4v) is 4.46. The quantitative estimate of drug-likeness (QED) is 0.479. The van der Waals surface area contributed by atoms with E-state index in [-0.39, 0.29) is 23.7 Å². The number of amides is 1. The molecule has 0 spiro atoms. The molecule has 1 aromatic carbocycles. The maximum atomic E-state index is 12.9. The van der Waals surface area contributed by atoms with Crippen molar-refractivity contribution in [1.82, 2.24) is 24.6 Å². The molecule has 6 nitrogen and oxygen atoms in total. The number of hydrogen-bond acceptors (Lipinski definition) is 5. The van der Waals surface area contributed by atoms with Gasteiger partial charge in [-0.15, -0.1) is 10.2 Å². The van der Waals surface area contributed by atoms with Crippen LogP contribution in [0.25, 0.3) is 17.1 Å². The Morgan fingerprint density at radius 2 is 1.77 bits per heavy atom.